The molecular formula is C16H22BrNO3. The summed E-state index contributed by atoms with van der Waals surface area (Å²) in [4.78, 5) is 14.7. The number of nitrogens with zero attached hydrogens (tertiary/aromatic N) is 1. The van der Waals surface area contributed by atoms with E-state index in [9.17, 15) is 4.79 Å². The molecule has 1 aliphatic carbocycles. The smallest absolute Gasteiger partial charge is 0.254 e. The Labute approximate surface area is 134 Å². The summed E-state index contributed by atoms with van der Waals surface area (Å²) in [5.74, 6) is 1.41. The van der Waals surface area contributed by atoms with Crippen molar-refractivity contribution in [2.24, 2.45) is 5.92 Å². The Balaban J connectivity index is 2.18. The fourth-order valence-corrected chi connectivity index (χ4v) is 3.02. The molecule has 5 heteroatoms. The van der Waals surface area contributed by atoms with E-state index in [1.807, 2.05) is 23.1 Å². The number of hydrogen-bond donors (Lipinski definition) is 0. The molecule has 1 aromatic rings. The molecule has 116 valence electrons. The van der Waals surface area contributed by atoms with Gasteiger partial charge in [-0.05, 0) is 59.8 Å². The monoisotopic (exact) mass is 355 g/mol. The summed E-state index contributed by atoms with van der Waals surface area (Å²) in [6.07, 6.45) is 2.43. The van der Waals surface area contributed by atoms with Gasteiger partial charge in [0.2, 0.25) is 0 Å². The lowest BCUT2D eigenvalue weighted by molar-refractivity contribution is 0.0594. The average molecular weight is 356 g/mol. The average Bonchev–Trinajstić information content (AvgIpc) is 3.31. The molecule has 1 aliphatic rings. The minimum absolute atomic E-state index is 0.0507. The first kappa shape index (κ1) is 16.3. The molecule has 0 spiro atoms. The van der Waals surface area contributed by atoms with Crippen LogP contribution in [0.3, 0.4) is 0 Å². The van der Waals surface area contributed by atoms with Crippen LogP contribution in [0.4, 0.5) is 0 Å². The van der Waals surface area contributed by atoms with E-state index >= 15 is 0 Å². The summed E-state index contributed by atoms with van der Waals surface area (Å²) in [7, 11) is 3.27. The van der Waals surface area contributed by atoms with E-state index in [0.29, 0.717) is 24.6 Å². The number of carbonyl (C=O) groups is 1. The van der Waals surface area contributed by atoms with Crippen LogP contribution in [0, 0.1) is 5.92 Å². The molecule has 0 saturated heterocycles. The van der Waals surface area contributed by atoms with Crippen molar-refractivity contribution in [3.63, 3.8) is 0 Å². The zero-order valence-electron chi connectivity index (χ0n) is 12.8. The van der Waals surface area contributed by atoms with Crippen molar-refractivity contribution >= 4 is 21.8 Å². The molecule has 1 amide bonds. The standard InChI is InChI=1S/C16H22BrNO3/c1-11(12-4-5-12)18(8-9-20-2)16(19)13-6-7-15(21-3)14(17)10-13/h6-7,10-12H,4-5,8-9H2,1-3H3. The highest BCUT2D eigenvalue weighted by Crippen LogP contribution is 2.36. The summed E-state index contributed by atoms with van der Waals surface area (Å²) in [5.41, 5.74) is 0.672. The Kier molecular flexibility index (Phi) is 5.65. The van der Waals surface area contributed by atoms with Gasteiger partial charge in [-0.25, -0.2) is 0 Å². The van der Waals surface area contributed by atoms with E-state index in [2.05, 4.69) is 22.9 Å². The van der Waals surface area contributed by atoms with Crippen LogP contribution in [0.25, 0.3) is 0 Å². The third kappa shape index (κ3) is 3.98. The lowest BCUT2D eigenvalue weighted by Gasteiger charge is -2.29. The van der Waals surface area contributed by atoms with E-state index in [0.717, 1.165) is 10.2 Å². The molecule has 0 aliphatic heterocycles. The number of methoxy groups -OCH3 is 2. The fraction of sp³-hybridized carbons (Fsp3) is 0.562. The molecule has 0 heterocycles. The minimum Gasteiger partial charge on any atom is -0.496 e. The van der Waals surface area contributed by atoms with E-state index in [1.165, 1.54) is 12.8 Å². The molecule has 0 radical (unpaired) electrons. The van der Waals surface area contributed by atoms with Crippen molar-refractivity contribution < 1.29 is 14.3 Å². The quantitative estimate of drug-likeness (QED) is 0.752. The first-order valence-corrected chi connectivity index (χ1v) is 8.01. The molecule has 1 aromatic carbocycles. The summed E-state index contributed by atoms with van der Waals surface area (Å²) in [6.45, 7) is 3.31. The van der Waals surface area contributed by atoms with Crippen LogP contribution in [0.15, 0.2) is 22.7 Å². The number of carbonyl (C=O) groups excluding carboxylic acids is 1. The first-order valence-electron chi connectivity index (χ1n) is 7.22. The third-order valence-corrected chi connectivity index (χ3v) is 4.61. The van der Waals surface area contributed by atoms with Crippen LogP contribution in [-0.2, 0) is 4.74 Å². The zero-order chi connectivity index (χ0) is 15.4. The van der Waals surface area contributed by atoms with Crippen molar-refractivity contribution in [3.05, 3.63) is 28.2 Å². The Morgan fingerprint density at radius 1 is 1.43 bits per heavy atom. The number of amides is 1. The maximum Gasteiger partial charge on any atom is 0.254 e. The van der Waals surface area contributed by atoms with Gasteiger partial charge in [0.15, 0.2) is 0 Å². The highest BCUT2D eigenvalue weighted by molar-refractivity contribution is 9.10. The highest BCUT2D eigenvalue weighted by atomic mass is 79.9. The topological polar surface area (TPSA) is 38.8 Å². The number of rotatable bonds is 7. The van der Waals surface area contributed by atoms with Gasteiger partial charge in [-0.15, -0.1) is 0 Å². The number of halogens is 1. The van der Waals surface area contributed by atoms with Gasteiger partial charge in [-0.2, -0.15) is 0 Å². The lowest BCUT2D eigenvalue weighted by Crippen LogP contribution is -2.42. The molecular weight excluding hydrogens is 334 g/mol. The maximum atomic E-state index is 12.8. The second-order valence-corrected chi connectivity index (χ2v) is 6.27. The molecule has 0 aromatic heterocycles. The largest absolute Gasteiger partial charge is 0.496 e. The van der Waals surface area contributed by atoms with Gasteiger partial charge in [-0.3, -0.25) is 4.79 Å². The summed E-state index contributed by atoms with van der Waals surface area (Å²) >= 11 is 3.44. The molecule has 1 unspecified atom stereocenters. The van der Waals surface area contributed by atoms with E-state index < -0.39 is 0 Å². The first-order chi connectivity index (χ1) is 10.1. The molecule has 0 N–H and O–H groups in total. The molecule has 0 bridgehead atoms. The number of ether oxygens (including phenoxy) is 2. The van der Waals surface area contributed by atoms with E-state index in [-0.39, 0.29) is 11.9 Å². The third-order valence-electron chi connectivity index (χ3n) is 3.99. The maximum absolute atomic E-state index is 12.8. The van der Waals surface area contributed by atoms with Crippen molar-refractivity contribution in [1.82, 2.24) is 4.90 Å². The van der Waals surface area contributed by atoms with Gasteiger partial charge in [0.05, 0.1) is 18.2 Å². The highest BCUT2D eigenvalue weighted by Gasteiger charge is 2.34. The van der Waals surface area contributed by atoms with Gasteiger partial charge in [0.25, 0.3) is 5.91 Å². The van der Waals surface area contributed by atoms with Gasteiger partial charge in [-0.1, -0.05) is 0 Å². The molecule has 4 nitrogen and oxygen atoms in total. The van der Waals surface area contributed by atoms with Gasteiger partial charge in [0, 0.05) is 25.3 Å². The Morgan fingerprint density at radius 3 is 2.67 bits per heavy atom. The van der Waals surface area contributed by atoms with Crippen molar-refractivity contribution in [2.75, 3.05) is 27.4 Å². The van der Waals surface area contributed by atoms with Gasteiger partial charge in [0.1, 0.15) is 5.75 Å². The summed E-state index contributed by atoms with van der Waals surface area (Å²) < 4.78 is 11.1. The molecule has 1 atom stereocenters. The van der Waals surface area contributed by atoms with Crippen LogP contribution >= 0.6 is 15.9 Å². The fourth-order valence-electron chi connectivity index (χ4n) is 2.48. The normalized spacial score (nSPS) is 15.6. The Morgan fingerprint density at radius 2 is 2.14 bits per heavy atom. The van der Waals surface area contributed by atoms with E-state index in [4.69, 9.17) is 9.47 Å². The Hall–Kier alpha value is -1.07. The summed E-state index contributed by atoms with van der Waals surface area (Å²) in [5, 5.41) is 0. The van der Waals surface area contributed by atoms with Crippen LogP contribution < -0.4 is 4.74 Å². The molecule has 1 fully saturated rings. The number of benzene rings is 1. The zero-order valence-corrected chi connectivity index (χ0v) is 14.4. The van der Waals surface area contributed by atoms with Crippen molar-refractivity contribution in [3.8, 4) is 5.75 Å². The van der Waals surface area contributed by atoms with Crippen molar-refractivity contribution in [2.45, 2.75) is 25.8 Å². The minimum atomic E-state index is 0.0507. The molecule has 1 saturated carbocycles. The second-order valence-electron chi connectivity index (χ2n) is 5.42. The van der Waals surface area contributed by atoms with Crippen LogP contribution in [0.2, 0.25) is 0 Å². The summed E-state index contributed by atoms with van der Waals surface area (Å²) in [6, 6.07) is 5.70. The van der Waals surface area contributed by atoms with Crippen LogP contribution in [0.5, 0.6) is 5.75 Å². The SMILES string of the molecule is COCCN(C(=O)c1ccc(OC)c(Br)c1)C(C)C1CC1. The lowest BCUT2D eigenvalue weighted by atomic mass is 10.1. The van der Waals surface area contributed by atoms with Crippen LogP contribution in [0.1, 0.15) is 30.1 Å². The predicted molar refractivity (Wildman–Crippen MR) is 85.8 cm³/mol. The van der Waals surface area contributed by atoms with Gasteiger partial charge >= 0.3 is 0 Å². The van der Waals surface area contributed by atoms with Crippen LogP contribution in [-0.4, -0.2) is 44.2 Å². The second kappa shape index (κ2) is 7.27. The van der Waals surface area contributed by atoms with Gasteiger partial charge < -0.3 is 14.4 Å². The molecule has 2 rings (SSSR count). The van der Waals surface area contributed by atoms with E-state index in [1.54, 1.807) is 14.2 Å². The van der Waals surface area contributed by atoms with Crippen molar-refractivity contribution in [1.29, 1.82) is 0 Å². The molecule has 21 heavy (non-hydrogen) atoms. The Bertz CT molecular complexity index is 502. The number of hydrogen-bond acceptors (Lipinski definition) is 3. The predicted octanol–water partition coefficient (Wildman–Crippen LogP) is 3.34.